The van der Waals surface area contributed by atoms with Gasteiger partial charge >= 0.3 is 0 Å². The number of ether oxygens (including phenoxy) is 2. The van der Waals surface area contributed by atoms with Crippen molar-refractivity contribution >= 4 is 11.8 Å². The lowest BCUT2D eigenvalue weighted by Crippen LogP contribution is -2.43. The number of fused-ring (bicyclic) bond motifs is 1. The van der Waals surface area contributed by atoms with Gasteiger partial charge in [-0.15, -0.1) is 0 Å². The van der Waals surface area contributed by atoms with Crippen molar-refractivity contribution in [3.8, 4) is 5.75 Å². The van der Waals surface area contributed by atoms with Crippen molar-refractivity contribution in [1.29, 1.82) is 0 Å². The zero-order valence-electron chi connectivity index (χ0n) is 18.3. The number of aryl methyl sites for hydroxylation is 1. The van der Waals surface area contributed by atoms with Crippen LogP contribution in [0.4, 0.5) is 0 Å². The molecule has 2 amide bonds. The van der Waals surface area contributed by atoms with Crippen LogP contribution in [0.1, 0.15) is 41.6 Å². The van der Waals surface area contributed by atoms with Gasteiger partial charge < -0.3 is 19.3 Å². The summed E-state index contributed by atoms with van der Waals surface area (Å²) in [6, 6.07) is 14.2. The Hall–Kier alpha value is -2.86. The van der Waals surface area contributed by atoms with E-state index in [-0.39, 0.29) is 24.5 Å². The highest BCUT2D eigenvalue weighted by Gasteiger charge is 2.32. The summed E-state index contributed by atoms with van der Waals surface area (Å²) in [5.41, 5.74) is 4.56. The van der Waals surface area contributed by atoms with Gasteiger partial charge in [0, 0.05) is 26.1 Å². The molecule has 31 heavy (non-hydrogen) atoms. The maximum atomic E-state index is 12.8. The van der Waals surface area contributed by atoms with Gasteiger partial charge in [0.1, 0.15) is 5.75 Å². The first kappa shape index (κ1) is 21.4. The van der Waals surface area contributed by atoms with E-state index in [1.807, 2.05) is 30.0 Å². The first-order valence-corrected chi connectivity index (χ1v) is 11.0. The number of hydrogen-bond donors (Lipinski definition) is 0. The number of nitrogens with zero attached hydrogens (tertiary/aromatic N) is 2. The fraction of sp³-hybridized carbons (Fsp3) is 0.440. The molecule has 1 fully saturated rings. The molecule has 2 heterocycles. The molecule has 0 radical (unpaired) electrons. The lowest BCUT2D eigenvalue weighted by molar-refractivity contribution is -0.137. The van der Waals surface area contributed by atoms with E-state index in [2.05, 4.69) is 31.2 Å². The molecule has 2 aromatic rings. The second-order valence-electron chi connectivity index (χ2n) is 8.15. The second-order valence-corrected chi connectivity index (χ2v) is 8.15. The van der Waals surface area contributed by atoms with Crippen LogP contribution < -0.4 is 4.74 Å². The molecular formula is C25H30N2O4. The Labute approximate surface area is 183 Å². The fourth-order valence-electron chi connectivity index (χ4n) is 4.40. The smallest absolute Gasteiger partial charge is 0.260 e. The van der Waals surface area contributed by atoms with Crippen molar-refractivity contribution in [2.45, 2.75) is 32.7 Å². The van der Waals surface area contributed by atoms with E-state index in [1.165, 1.54) is 5.56 Å². The predicted molar refractivity (Wildman–Crippen MR) is 118 cm³/mol. The third-order valence-corrected chi connectivity index (χ3v) is 6.05. The maximum Gasteiger partial charge on any atom is 0.260 e. The van der Waals surface area contributed by atoms with Gasteiger partial charge in [-0.25, -0.2) is 0 Å². The number of carbonyl (C=O) groups excluding carboxylic acids is 2. The van der Waals surface area contributed by atoms with E-state index in [0.29, 0.717) is 45.0 Å². The van der Waals surface area contributed by atoms with Crippen molar-refractivity contribution in [2.24, 2.45) is 0 Å². The molecule has 6 heteroatoms. The number of benzene rings is 2. The Balaban J connectivity index is 1.60. The summed E-state index contributed by atoms with van der Waals surface area (Å²) in [4.78, 5) is 29.0. The summed E-state index contributed by atoms with van der Waals surface area (Å²) in [6.07, 6.45) is 1.29. The number of amides is 2. The topological polar surface area (TPSA) is 59.1 Å². The molecule has 1 saturated heterocycles. The van der Waals surface area contributed by atoms with Crippen LogP contribution >= 0.6 is 0 Å². The highest BCUT2D eigenvalue weighted by Crippen LogP contribution is 2.37. The minimum Gasteiger partial charge on any atom is -0.484 e. The molecule has 0 N–H and O–H groups in total. The van der Waals surface area contributed by atoms with Crippen LogP contribution in [-0.4, -0.2) is 61.1 Å². The van der Waals surface area contributed by atoms with Gasteiger partial charge in [0.25, 0.3) is 5.91 Å². The van der Waals surface area contributed by atoms with Crippen LogP contribution in [-0.2, 0) is 20.7 Å². The highest BCUT2D eigenvalue weighted by atomic mass is 16.5. The maximum absolute atomic E-state index is 12.8. The van der Waals surface area contributed by atoms with Crippen LogP contribution in [0.3, 0.4) is 0 Å². The standard InChI is InChI=1S/C25H30N2O4/c1-3-23(28)27-10-9-19-7-8-21(31-17-24(29)26-11-13-30-14-12-26)16-22(19)25(27)20-6-4-5-18(2)15-20/h4-8,15-16,25H,3,9-14,17H2,1-2H3. The lowest BCUT2D eigenvalue weighted by Gasteiger charge is -2.38. The molecule has 0 spiro atoms. The molecular weight excluding hydrogens is 392 g/mol. The van der Waals surface area contributed by atoms with Gasteiger partial charge in [0.2, 0.25) is 5.91 Å². The quantitative estimate of drug-likeness (QED) is 0.743. The van der Waals surface area contributed by atoms with E-state index >= 15 is 0 Å². The van der Waals surface area contributed by atoms with Crippen molar-refractivity contribution in [3.63, 3.8) is 0 Å². The molecule has 0 saturated carbocycles. The highest BCUT2D eigenvalue weighted by molar-refractivity contribution is 5.78. The van der Waals surface area contributed by atoms with Crippen LogP contribution in [0, 0.1) is 6.92 Å². The molecule has 0 aliphatic carbocycles. The van der Waals surface area contributed by atoms with Crippen LogP contribution in [0.5, 0.6) is 5.75 Å². The largest absolute Gasteiger partial charge is 0.484 e. The third kappa shape index (κ3) is 4.74. The third-order valence-electron chi connectivity index (χ3n) is 6.05. The molecule has 2 aliphatic heterocycles. The Morgan fingerprint density at radius 3 is 2.61 bits per heavy atom. The van der Waals surface area contributed by atoms with E-state index in [4.69, 9.17) is 9.47 Å². The second kappa shape index (κ2) is 9.52. The minimum absolute atomic E-state index is 0.00546. The summed E-state index contributed by atoms with van der Waals surface area (Å²) in [6.45, 7) is 7.04. The molecule has 0 bridgehead atoms. The van der Waals surface area contributed by atoms with E-state index in [1.54, 1.807) is 4.90 Å². The first-order chi connectivity index (χ1) is 15.1. The van der Waals surface area contributed by atoms with Gasteiger partial charge in [-0.1, -0.05) is 42.8 Å². The van der Waals surface area contributed by atoms with Crippen molar-refractivity contribution in [2.75, 3.05) is 39.5 Å². The van der Waals surface area contributed by atoms with Crippen molar-refractivity contribution < 1.29 is 19.1 Å². The van der Waals surface area contributed by atoms with Gasteiger partial charge in [0.05, 0.1) is 19.3 Å². The van der Waals surface area contributed by atoms with E-state index in [9.17, 15) is 9.59 Å². The van der Waals surface area contributed by atoms with Gasteiger partial charge in [-0.05, 0) is 42.2 Å². The molecule has 1 unspecified atom stereocenters. The summed E-state index contributed by atoms with van der Waals surface area (Å²) in [5.74, 6) is 0.772. The summed E-state index contributed by atoms with van der Waals surface area (Å²) < 4.78 is 11.2. The van der Waals surface area contributed by atoms with Crippen LogP contribution in [0.15, 0.2) is 42.5 Å². The molecule has 1 atom stereocenters. The summed E-state index contributed by atoms with van der Waals surface area (Å²) in [5, 5.41) is 0. The zero-order valence-corrected chi connectivity index (χ0v) is 18.3. The van der Waals surface area contributed by atoms with E-state index in [0.717, 1.165) is 23.1 Å². The number of rotatable bonds is 5. The Kier molecular flexibility index (Phi) is 6.56. The molecule has 164 valence electrons. The van der Waals surface area contributed by atoms with Crippen LogP contribution in [0.25, 0.3) is 0 Å². The predicted octanol–water partition coefficient (Wildman–Crippen LogP) is 3.12. The average molecular weight is 423 g/mol. The van der Waals surface area contributed by atoms with Crippen molar-refractivity contribution in [3.05, 3.63) is 64.7 Å². The van der Waals surface area contributed by atoms with Crippen molar-refractivity contribution in [1.82, 2.24) is 9.80 Å². The normalized spacial score (nSPS) is 18.5. The number of carbonyl (C=O) groups is 2. The van der Waals surface area contributed by atoms with E-state index < -0.39 is 0 Å². The van der Waals surface area contributed by atoms with Crippen LogP contribution in [0.2, 0.25) is 0 Å². The summed E-state index contributed by atoms with van der Waals surface area (Å²) >= 11 is 0. The molecule has 4 rings (SSSR count). The Morgan fingerprint density at radius 2 is 1.87 bits per heavy atom. The summed E-state index contributed by atoms with van der Waals surface area (Å²) in [7, 11) is 0. The van der Waals surface area contributed by atoms with Gasteiger partial charge in [-0.3, -0.25) is 9.59 Å². The lowest BCUT2D eigenvalue weighted by atomic mass is 9.87. The SMILES string of the molecule is CCC(=O)N1CCc2ccc(OCC(=O)N3CCOCC3)cc2C1c1cccc(C)c1. The average Bonchev–Trinajstić information content (AvgIpc) is 2.81. The Bertz CT molecular complexity index is 952. The molecule has 0 aromatic heterocycles. The fourth-order valence-corrected chi connectivity index (χ4v) is 4.40. The van der Waals surface area contributed by atoms with Gasteiger partial charge in [0.15, 0.2) is 6.61 Å². The number of morpholine rings is 1. The monoisotopic (exact) mass is 422 g/mol. The van der Waals surface area contributed by atoms with Gasteiger partial charge in [-0.2, -0.15) is 0 Å². The molecule has 6 nitrogen and oxygen atoms in total. The first-order valence-electron chi connectivity index (χ1n) is 11.0. The minimum atomic E-state index is -0.144. The molecule has 2 aliphatic rings. The molecule has 2 aromatic carbocycles. The Morgan fingerprint density at radius 1 is 1.06 bits per heavy atom. The number of hydrogen-bond acceptors (Lipinski definition) is 4. The zero-order chi connectivity index (χ0) is 21.8.